The molecule has 1 aliphatic heterocycles. The Morgan fingerprint density at radius 2 is 1.94 bits per heavy atom. The van der Waals surface area contributed by atoms with Crippen LogP contribution in [0.15, 0.2) is 38.7 Å². The lowest BCUT2D eigenvalue weighted by Gasteiger charge is -2.27. The van der Waals surface area contributed by atoms with E-state index in [1.54, 1.807) is 0 Å². The lowest BCUT2D eigenvalue weighted by Crippen LogP contribution is -2.39. The number of guanidine groups is 1. The highest BCUT2D eigenvalue weighted by molar-refractivity contribution is 9.10. The predicted molar refractivity (Wildman–Crippen MR) is 78.7 cm³/mol. The molecule has 0 bridgehead atoms. The van der Waals surface area contributed by atoms with E-state index in [4.69, 9.17) is 4.74 Å². The fraction of sp³-hybridized carbons (Fsp3) is 0.333. The first-order valence-electron chi connectivity index (χ1n) is 5.54. The fourth-order valence-corrected chi connectivity index (χ4v) is 1.95. The Bertz CT molecular complexity index is 477. The van der Waals surface area contributed by atoms with Gasteiger partial charge in [0.2, 0.25) is 5.96 Å². The van der Waals surface area contributed by atoms with Crippen LogP contribution in [0.3, 0.4) is 0 Å². The van der Waals surface area contributed by atoms with Crippen molar-refractivity contribution in [2.24, 2.45) is 9.98 Å². The molecule has 0 amide bonds. The van der Waals surface area contributed by atoms with Gasteiger partial charge < -0.3 is 9.64 Å². The molecule has 0 N–H and O–H groups in total. The van der Waals surface area contributed by atoms with Crippen molar-refractivity contribution in [1.29, 1.82) is 0 Å². The molecule has 1 aromatic carbocycles. The molecule has 0 aliphatic carbocycles. The molecule has 94 valence electrons. The number of hydrogen-bond acceptors (Lipinski definition) is 3. The van der Waals surface area contributed by atoms with Gasteiger partial charge in [-0.1, -0.05) is 15.9 Å². The van der Waals surface area contributed by atoms with Gasteiger partial charge in [0.05, 0.1) is 24.1 Å². The second-order valence-electron chi connectivity index (χ2n) is 3.69. The monoisotopic (exact) mass is 325 g/mol. The van der Waals surface area contributed by atoms with E-state index in [-0.39, 0.29) is 0 Å². The van der Waals surface area contributed by atoms with Gasteiger partial charge in [0.1, 0.15) is 0 Å². The van der Waals surface area contributed by atoms with E-state index in [1.165, 1.54) is 0 Å². The van der Waals surface area contributed by atoms with Crippen LogP contribution in [-0.2, 0) is 4.74 Å². The number of ether oxygens (including phenoxy) is 1. The first kappa shape index (κ1) is 13.4. The normalized spacial score (nSPS) is 16.3. The average Bonchev–Trinajstić information content (AvgIpc) is 2.42. The van der Waals surface area contributed by atoms with Crippen LogP contribution in [0, 0.1) is 0 Å². The van der Waals surface area contributed by atoms with Gasteiger partial charge in [-0.15, -0.1) is 0 Å². The van der Waals surface area contributed by atoms with Gasteiger partial charge >= 0.3 is 0 Å². The number of benzene rings is 1. The molecule has 1 heterocycles. The molecule has 2 rings (SSSR count). The summed E-state index contributed by atoms with van der Waals surface area (Å²) in [6.07, 6.45) is 0. The Morgan fingerprint density at radius 3 is 2.56 bits per heavy atom. The predicted octanol–water partition coefficient (Wildman–Crippen LogP) is 2.87. The summed E-state index contributed by atoms with van der Waals surface area (Å²) in [4.78, 5) is 10.6. The largest absolute Gasteiger partial charge is 0.378 e. The topological polar surface area (TPSA) is 37.2 Å². The fourth-order valence-electron chi connectivity index (χ4n) is 1.60. The van der Waals surface area contributed by atoms with Gasteiger partial charge in [-0.25, -0.2) is 4.99 Å². The molecule has 4 nitrogen and oxygen atoms in total. The zero-order valence-corrected chi connectivity index (χ0v) is 12.1. The highest BCUT2D eigenvalue weighted by Gasteiger charge is 2.14. The number of nitrogens with zero attached hydrogens (tertiary/aromatic N) is 3. The second kappa shape index (κ2) is 6.75. The van der Waals surface area contributed by atoms with E-state index < -0.39 is 0 Å². The summed E-state index contributed by atoms with van der Waals surface area (Å²) >= 11 is 8.06. The van der Waals surface area contributed by atoms with Crippen molar-refractivity contribution in [3.8, 4) is 0 Å². The van der Waals surface area contributed by atoms with Crippen molar-refractivity contribution in [2.75, 3.05) is 26.3 Å². The first-order valence-corrected chi connectivity index (χ1v) is 6.74. The molecular formula is C12H12BrN3OS. The van der Waals surface area contributed by atoms with Crippen LogP contribution in [0.5, 0.6) is 0 Å². The standard InChI is InChI=1S/C12H12BrN3OS/c13-10-1-3-11(4-2-10)15-12(14-9-18)16-5-7-17-8-6-16/h1-4H,5-8H2. The Labute approximate surface area is 120 Å². The molecule has 1 saturated heterocycles. The van der Waals surface area contributed by atoms with Crippen molar-refractivity contribution in [3.05, 3.63) is 28.7 Å². The van der Waals surface area contributed by atoms with Gasteiger partial charge in [0.15, 0.2) is 0 Å². The minimum Gasteiger partial charge on any atom is -0.378 e. The Kier molecular flexibility index (Phi) is 5.01. The molecule has 0 unspecified atom stereocenters. The number of aliphatic imine (C=N–C) groups is 2. The number of hydrogen-bond donors (Lipinski definition) is 0. The van der Waals surface area contributed by atoms with E-state index in [2.05, 4.69) is 43.3 Å². The van der Waals surface area contributed by atoms with Crippen molar-refractivity contribution < 1.29 is 4.74 Å². The average molecular weight is 326 g/mol. The molecule has 6 heteroatoms. The maximum atomic E-state index is 5.30. The van der Waals surface area contributed by atoms with Gasteiger partial charge in [-0.05, 0) is 36.5 Å². The summed E-state index contributed by atoms with van der Waals surface area (Å²) in [6, 6.07) is 7.72. The lowest BCUT2D eigenvalue weighted by atomic mass is 10.3. The van der Waals surface area contributed by atoms with Gasteiger partial charge in [0.25, 0.3) is 0 Å². The molecule has 1 aliphatic rings. The number of isothiocyanates is 1. The number of thiocarbonyl (C=S) groups is 1. The van der Waals surface area contributed by atoms with Crippen LogP contribution in [-0.4, -0.2) is 42.3 Å². The van der Waals surface area contributed by atoms with Crippen LogP contribution in [0.4, 0.5) is 5.69 Å². The third-order valence-corrected chi connectivity index (χ3v) is 3.12. The summed E-state index contributed by atoms with van der Waals surface area (Å²) in [6.45, 7) is 2.92. The highest BCUT2D eigenvalue weighted by atomic mass is 79.9. The summed E-state index contributed by atoms with van der Waals surface area (Å²) in [7, 11) is 0. The molecule has 0 radical (unpaired) electrons. The minimum atomic E-state index is 0.593. The van der Waals surface area contributed by atoms with Gasteiger partial charge in [0, 0.05) is 17.6 Å². The minimum absolute atomic E-state index is 0.593. The summed E-state index contributed by atoms with van der Waals surface area (Å²) in [5.41, 5.74) is 0.841. The van der Waals surface area contributed by atoms with Gasteiger partial charge in [-0.2, -0.15) is 4.99 Å². The van der Waals surface area contributed by atoms with Crippen molar-refractivity contribution in [2.45, 2.75) is 0 Å². The quantitative estimate of drug-likeness (QED) is 0.452. The number of rotatable bonds is 1. The van der Waals surface area contributed by atoms with Crippen LogP contribution in [0.1, 0.15) is 0 Å². The molecule has 1 aromatic rings. The maximum absolute atomic E-state index is 5.30. The molecule has 1 fully saturated rings. The zero-order valence-electron chi connectivity index (χ0n) is 9.67. The molecule has 0 saturated carbocycles. The molecule has 0 atom stereocenters. The van der Waals surface area contributed by atoms with E-state index in [1.807, 2.05) is 29.2 Å². The molecule has 0 spiro atoms. The van der Waals surface area contributed by atoms with Crippen molar-refractivity contribution in [3.63, 3.8) is 0 Å². The van der Waals surface area contributed by atoms with E-state index in [0.717, 1.165) is 23.2 Å². The summed E-state index contributed by atoms with van der Waals surface area (Å²) in [5.74, 6) is 0.593. The van der Waals surface area contributed by atoms with Crippen LogP contribution >= 0.6 is 28.1 Å². The first-order chi connectivity index (χ1) is 8.79. The van der Waals surface area contributed by atoms with E-state index in [0.29, 0.717) is 19.2 Å². The van der Waals surface area contributed by atoms with Crippen LogP contribution < -0.4 is 0 Å². The Balaban J connectivity index is 2.22. The Morgan fingerprint density at radius 1 is 1.28 bits per heavy atom. The summed E-state index contributed by atoms with van der Waals surface area (Å²) in [5, 5.41) is 2.38. The molecule has 18 heavy (non-hydrogen) atoms. The van der Waals surface area contributed by atoms with E-state index >= 15 is 0 Å². The summed E-state index contributed by atoms with van der Waals surface area (Å²) < 4.78 is 6.32. The molecule has 0 aromatic heterocycles. The highest BCUT2D eigenvalue weighted by Crippen LogP contribution is 2.17. The van der Waals surface area contributed by atoms with Crippen molar-refractivity contribution >= 4 is 45.0 Å². The maximum Gasteiger partial charge on any atom is 0.235 e. The molecular weight excluding hydrogens is 314 g/mol. The Hall–Kier alpha value is -1.07. The third kappa shape index (κ3) is 3.71. The van der Waals surface area contributed by atoms with Crippen LogP contribution in [0.2, 0.25) is 0 Å². The SMILES string of the molecule is S=C=NC(=Nc1ccc(Br)cc1)N1CCOCC1. The van der Waals surface area contributed by atoms with Gasteiger partial charge in [-0.3, -0.25) is 0 Å². The van der Waals surface area contributed by atoms with Crippen LogP contribution in [0.25, 0.3) is 0 Å². The second-order valence-corrected chi connectivity index (χ2v) is 4.79. The number of morpholine rings is 1. The van der Waals surface area contributed by atoms with Crippen molar-refractivity contribution in [1.82, 2.24) is 4.90 Å². The number of halogens is 1. The van der Waals surface area contributed by atoms with E-state index in [9.17, 15) is 0 Å². The smallest absolute Gasteiger partial charge is 0.235 e. The zero-order chi connectivity index (χ0) is 12.8. The third-order valence-electron chi connectivity index (χ3n) is 2.50. The lowest BCUT2D eigenvalue weighted by molar-refractivity contribution is 0.0676.